The van der Waals surface area contributed by atoms with Gasteiger partial charge in [-0.1, -0.05) is 0 Å². The molecule has 0 aromatic rings. The summed E-state index contributed by atoms with van der Waals surface area (Å²) < 4.78 is 4.87. The Hall–Kier alpha value is -1.14. The normalized spacial score (nSPS) is 10.5. The fourth-order valence-corrected chi connectivity index (χ4v) is 1.40. The van der Waals surface area contributed by atoms with Crippen molar-refractivity contribution in [3.05, 3.63) is 0 Å². The Bertz CT molecular complexity index is 257. The maximum Gasteiger partial charge on any atom is 0.239 e. The number of carbonyl (C=O) groups is 2. The Morgan fingerprint density at radius 2 is 2.00 bits per heavy atom. The lowest BCUT2D eigenvalue weighted by molar-refractivity contribution is -0.135. The average Bonchev–Trinajstić information content (AvgIpc) is 2.30. The fraction of sp³-hybridized carbons (Fsp3) is 0.833. The molecule has 0 saturated heterocycles. The van der Waals surface area contributed by atoms with Crippen LogP contribution < -0.4 is 10.6 Å². The first-order valence-corrected chi connectivity index (χ1v) is 6.28. The van der Waals surface area contributed by atoms with Gasteiger partial charge in [0.1, 0.15) is 0 Å². The van der Waals surface area contributed by atoms with Crippen LogP contribution >= 0.6 is 0 Å². The van der Waals surface area contributed by atoms with E-state index in [4.69, 9.17) is 4.74 Å². The van der Waals surface area contributed by atoms with Gasteiger partial charge in [0.15, 0.2) is 0 Å². The van der Waals surface area contributed by atoms with Crippen LogP contribution in [0.5, 0.6) is 0 Å². The fourth-order valence-electron chi connectivity index (χ4n) is 1.40. The quantitative estimate of drug-likeness (QED) is 0.553. The van der Waals surface area contributed by atoms with Crippen LogP contribution in [0.2, 0.25) is 0 Å². The van der Waals surface area contributed by atoms with Crippen LogP contribution in [-0.4, -0.2) is 62.7 Å². The summed E-state index contributed by atoms with van der Waals surface area (Å²) in [6.07, 6.45) is 0. The van der Waals surface area contributed by atoms with Crippen LogP contribution in [0, 0.1) is 0 Å². The first-order valence-electron chi connectivity index (χ1n) is 6.28. The molecule has 0 aliphatic rings. The Labute approximate surface area is 109 Å². The summed E-state index contributed by atoms with van der Waals surface area (Å²) in [5.74, 6) is -0.204. The van der Waals surface area contributed by atoms with E-state index in [2.05, 4.69) is 10.6 Å². The van der Waals surface area contributed by atoms with Crippen molar-refractivity contribution in [3.63, 3.8) is 0 Å². The first-order chi connectivity index (χ1) is 8.51. The molecule has 0 saturated carbocycles. The molecule has 0 fully saturated rings. The molecule has 0 atom stereocenters. The molecule has 0 bridgehead atoms. The van der Waals surface area contributed by atoms with Crippen molar-refractivity contribution in [3.8, 4) is 0 Å². The minimum atomic E-state index is -0.128. The topological polar surface area (TPSA) is 70.7 Å². The summed E-state index contributed by atoms with van der Waals surface area (Å²) in [6, 6.07) is 0.0890. The van der Waals surface area contributed by atoms with Crippen LogP contribution in [0.25, 0.3) is 0 Å². The monoisotopic (exact) mass is 259 g/mol. The number of nitrogens with one attached hydrogen (secondary N) is 2. The molecule has 106 valence electrons. The number of rotatable bonds is 9. The maximum atomic E-state index is 11.8. The summed E-state index contributed by atoms with van der Waals surface area (Å²) in [4.78, 5) is 24.9. The van der Waals surface area contributed by atoms with E-state index in [1.165, 1.54) is 4.90 Å². The zero-order valence-corrected chi connectivity index (χ0v) is 11.8. The van der Waals surface area contributed by atoms with Gasteiger partial charge in [-0.3, -0.25) is 9.59 Å². The average molecular weight is 259 g/mol. The van der Waals surface area contributed by atoms with Crippen molar-refractivity contribution in [1.29, 1.82) is 0 Å². The number of carbonyl (C=O) groups excluding carboxylic acids is 2. The molecule has 6 nitrogen and oxygen atoms in total. The van der Waals surface area contributed by atoms with E-state index in [1.54, 1.807) is 7.11 Å². The second kappa shape index (κ2) is 9.85. The van der Waals surface area contributed by atoms with Crippen LogP contribution in [0.1, 0.15) is 20.8 Å². The van der Waals surface area contributed by atoms with Crippen molar-refractivity contribution in [2.45, 2.75) is 26.8 Å². The van der Waals surface area contributed by atoms with Gasteiger partial charge in [-0.15, -0.1) is 0 Å². The summed E-state index contributed by atoms with van der Waals surface area (Å²) >= 11 is 0. The summed E-state index contributed by atoms with van der Waals surface area (Å²) in [5.41, 5.74) is 0. The molecule has 2 amide bonds. The summed E-state index contributed by atoms with van der Waals surface area (Å²) in [5, 5.41) is 5.73. The van der Waals surface area contributed by atoms with E-state index < -0.39 is 0 Å². The lowest BCUT2D eigenvalue weighted by atomic mass is 10.3. The molecule has 0 aliphatic carbocycles. The second-order valence-electron chi connectivity index (χ2n) is 4.30. The number of nitrogens with zero attached hydrogens (tertiary/aromatic N) is 1. The van der Waals surface area contributed by atoms with Gasteiger partial charge in [0.25, 0.3) is 0 Å². The van der Waals surface area contributed by atoms with E-state index in [0.29, 0.717) is 19.7 Å². The molecule has 0 aromatic carbocycles. The van der Waals surface area contributed by atoms with Gasteiger partial charge < -0.3 is 20.3 Å². The van der Waals surface area contributed by atoms with Crippen LogP contribution in [0.15, 0.2) is 0 Å². The Morgan fingerprint density at radius 1 is 1.33 bits per heavy atom. The third-order valence-electron chi connectivity index (χ3n) is 2.28. The molecule has 0 heterocycles. The standard InChI is InChI=1S/C12H25N3O3/c1-5-15(9-11(16)14-10(2)3)12(17)8-13-6-7-18-4/h10,13H,5-9H2,1-4H3,(H,14,16). The smallest absolute Gasteiger partial charge is 0.239 e. The lowest BCUT2D eigenvalue weighted by Gasteiger charge is -2.21. The van der Waals surface area contributed by atoms with E-state index in [1.807, 2.05) is 20.8 Å². The zero-order chi connectivity index (χ0) is 14.0. The predicted molar refractivity (Wildman–Crippen MR) is 70.3 cm³/mol. The largest absolute Gasteiger partial charge is 0.383 e. The van der Waals surface area contributed by atoms with Crippen molar-refractivity contribution in [2.24, 2.45) is 0 Å². The molecule has 0 spiro atoms. The molecule has 0 unspecified atom stereocenters. The van der Waals surface area contributed by atoms with Gasteiger partial charge in [-0.05, 0) is 20.8 Å². The Balaban J connectivity index is 3.99. The molecule has 0 rings (SSSR count). The summed E-state index contributed by atoms with van der Waals surface area (Å²) in [6.45, 7) is 7.69. The summed E-state index contributed by atoms with van der Waals surface area (Å²) in [7, 11) is 1.61. The first kappa shape index (κ1) is 16.9. The molecular formula is C12H25N3O3. The van der Waals surface area contributed by atoms with Gasteiger partial charge in [-0.25, -0.2) is 0 Å². The molecule has 0 aliphatic heterocycles. The van der Waals surface area contributed by atoms with Crippen molar-refractivity contribution >= 4 is 11.8 Å². The third-order valence-corrected chi connectivity index (χ3v) is 2.28. The van der Waals surface area contributed by atoms with E-state index >= 15 is 0 Å². The van der Waals surface area contributed by atoms with Crippen molar-refractivity contribution in [2.75, 3.05) is 39.9 Å². The number of likely N-dealkylation sites (N-methyl/N-ethyl adjacent to an activating group) is 1. The highest BCUT2D eigenvalue weighted by atomic mass is 16.5. The van der Waals surface area contributed by atoms with Crippen molar-refractivity contribution in [1.82, 2.24) is 15.5 Å². The highest BCUT2D eigenvalue weighted by molar-refractivity contribution is 5.85. The highest BCUT2D eigenvalue weighted by Gasteiger charge is 2.15. The van der Waals surface area contributed by atoms with Gasteiger partial charge >= 0.3 is 0 Å². The molecule has 6 heteroatoms. The SMILES string of the molecule is CCN(CC(=O)NC(C)C)C(=O)CNCCOC. The lowest BCUT2D eigenvalue weighted by Crippen LogP contribution is -2.45. The molecule has 2 N–H and O–H groups in total. The molecule has 0 radical (unpaired) electrons. The van der Waals surface area contributed by atoms with E-state index in [-0.39, 0.29) is 30.9 Å². The van der Waals surface area contributed by atoms with Gasteiger partial charge in [0, 0.05) is 26.2 Å². The number of amides is 2. The molecule has 0 aromatic heterocycles. The number of ether oxygens (including phenoxy) is 1. The number of hydrogen-bond acceptors (Lipinski definition) is 4. The number of hydrogen-bond donors (Lipinski definition) is 2. The van der Waals surface area contributed by atoms with Crippen LogP contribution in [-0.2, 0) is 14.3 Å². The van der Waals surface area contributed by atoms with Gasteiger partial charge in [-0.2, -0.15) is 0 Å². The third kappa shape index (κ3) is 8.03. The highest BCUT2D eigenvalue weighted by Crippen LogP contribution is 1.90. The maximum absolute atomic E-state index is 11.8. The van der Waals surface area contributed by atoms with Gasteiger partial charge in [0.2, 0.25) is 11.8 Å². The van der Waals surface area contributed by atoms with E-state index in [0.717, 1.165) is 0 Å². The number of methoxy groups -OCH3 is 1. The molecular weight excluding hydrogens is 234 g/mol. The van der Waals surface area contributed by atoms with Crippen LogP contribution in [0.4, 0.5) is 0 Å². The molecule has 18 heavy (non-hydrogen) atoms. The Kier molecular flexibility index (Phi) is 9.22. The Morgan fingerprint density at radius 3 is 2.50 bits per heavy atom. The van der Waals surface area contributed by atoms with Crippen LogP contribution in [0.3, 0.4) is 0 Å². The van der Waals surface area contributed by atoms with Crippen molar-refractivity contribution < 1.29 is 14.3 Å². The predicted octanol–water partition coefficient (Wildman–Crippen LogP) is -0.404. The second-order valence-corrected chi connectivity index (χ2v) is 4.30. The zero-order valence-electron chi connectivity index (χ0n) is 11.8. The minimum absolute atomic E-state index is 0.0764. The van der Waals surface area contributed by atoms with Gasteiger partial charge in [0.05, 0.1) is 19.7 Å². The minimum Gasteiger partial charge on any atom is -0.383 e. The van der Waals surface area contributed by atoms with E-state index in [9.17, 15) is 9.59 Å².